The van der Waals surface area contributed by atoms with Crippen molar-refractivity contribution in [3.8, 4) is 11.4 Å². The molecule has 0 bridgehead atoms. The summed E-state index contributed by atoms with van der Waals surface area (Å²) in [6, 6.07) is 4.75. The Morgan fingerprint density at radius 2 is 1.94 bits per heavy atom. The van der Waals surface area contributed by atoms with Crippen LogP contribution in [0.25, 0.3) is 27.9 Å². The van der Waals surface area contributed by atoms with E-state index in [4.69, 9.17) is 4.74 Å². The molecule has 0 aliphatic carbocycles. The molecule has 5 heterocycles. The lowest BCUT2D eigenvalue weighted by Crippen LogP contribution is -2.32. The Labute approximate surface area is 178 Å². The van der Waals surface area contributed by atoms with E-state index in [2.05, 4.69) is 15.1 Å². The van der Waals surface area contributed by atoms with E-state index in [1.54, 1.807) is 40.7 Å². The molecule has 5 rings (SSSR count). The number of fused-ring (bicyclic) bond motifs is 2. The number of carbonyl (C=O) groups is 1. The van der Waals surface area contributed by atoms with Gasteiger partial charge >= 0.3 is 0 Å². The van der Waals surface area contributed by atoms with Crippen molar-refractivity contribution in [1.29, 1.82) is 0 Å². The third-order valence-electron chi connectivity index (χ3n) is 5.71. The Hall–Kier alpha value is -3.33. The second kappa shape index (κ2) is 8.07. The van der Waals surface area contributed by atoms with Crippen molar-refractivity contribution in [2.75, 3.05) is 20.2 Å². The second-order valence-electron chi connectivity index (χ2n) is 7.78. The van der Waals surface area contributed by atoms with Gasteiger partial charge in [0, 0.05) is 38.0 Å². The number of rotatable bonds is 4. The number of methoxy groups -OCH3 is 1. The van der Waals surface area contributed by atoms with Crippen molar-refractivity contribution in [3.05, 3.63) is 48.3 Å². The molecule has 9 heteroatoms. The van der Waals surface area contributed by atoms with E-state index in [-0.39, 0.29) is 18.5 Å². The fraction of sp³-hybridized carbons (Fsp3) is 0.364. The van der Waals surface area contributed by atoms with Crippen LogP contribution in [0.3, 0.4) is 0 Å². The predicted molar refractivity (Wildman–Crippen MR) is 113 cm³/mol. The summed E-state index contributed by atoms with van der Waals surface area (Å²) in [6.45, 7) is 1.73. The number of imidazole rings is 1. The van der Waals surface area contributed by atoms with Crippen LogP contribution >= 0.6 is 0 Å². The fourth-order valence-corrected chi connectivity index (χ4v) is 4.16. The molecule has 160 valence electrons. The average Bonchev–Trinajstić information content (AvgIpc) is 3.22. The van der Waals surface area contributed by atoms with Gasteiger partial charge in [-0.15, -0.1) is 0 Å². The third-order valence-corrected chi connectivity index (χ3v) is 5.71. The molecule has 1 aliphatic rings. The van der Waals surface area contributed by atoms with Crippen LogP contribution in [-0.4, -0.2) is 55.2 Å². The first-order valence-corrected chi connectivity index (χ1v) is 10.4. The normalized spacial score (nSPS) is 15.0. The van der Waals surface area contributed by atoms with E-state index in [1.807, 2.05) is 4.90 Å². The van der Waals surface area contributed by atoms with Crippen LogP contribution in [0.15, 0.2) is 36.8 Å². The fourth-order valence-electron chi connectivity index (χ4n) is 4.16. The number of amides is 1. The summed E-state index contributed by atoms with van der Waals surface area (Å²) in [5.74, 6) is -0.428. The topological polar surface area (TPSA) is 77.5 Å². The number of aromatic nitrogens is 5. The van der Waals surface area contributed by atoms with Gasteiger partial charge in [-0.2, -0.15) is 5.10 Å². The molecule has 4 aromatic heterocycles. The Kier molecular flexibility index (Phi) is 5.11. The first-order valence-electron chi connectivity index (χ1n) is 10.4. The van der Waals surface area contributed by atoms with Crippen LogP contribution in [0.1, 0.15) is 36.2 Å². The maximum absolute atomic E-state index is 13.8. The maximum Gasteiger partial charge on any atom is 0.272 e. The molecular formula is C22H23FN6O2. The minimum atomic E-state index is -0.365. The van der Waals surface area contributed by atoms with Crippen molar-refractivity contribution in [1.82, 2.24) is 29.0 Å². The second-order valence-corrected chi connectivity index (χ2v) is 7.78. The van der Waals surface area contributed by atoms with Gasteiger partial charge in [0.1, 0.15) is 29.6 Å². The van der Waals surface area contributed by atoms with Crippen LogP contribution in [0.4, 0.5) is 4.39 Å². The summed E-state index contributed by atoms with van der Waals surface area (Å²) in [5.41, 5.74) is 2.99. The summed E-state index contributed by atoms with van der Waals surface area (Å²) < 4.78 is 22.5. The van der Waals surface area contributed by atoms with Crippen LogP contribution < -0.4 is 0 Å². The maximum atomic E-state index is 13.8. The average molecular weight is 422 g/mol. The molecule has 1 amide bonds. The Balaban J connectivity index is 1.61. The van der Waals surface area contributed by atoms with Crippen LogP contribution in [-0.2, 0) is 11.5 Å². The summed E-state index contributed by atoms with van der Waals surface area (Å²) >= 11 is 0. The van der Waals surface area contributed by atoms with Crippen LogP contribution in [0, 0.1) is 5.82 Å². The first kappa shape index (κ1) is 19.6. The molecule has 8 nitrogen and oxygen atoms in total. The highest BCUT2D eigenvalue weighted by atomic mass is 19.1. The molecule has 4 aromatic rings. The standard InChI is InChI=1S/C22H23FN6O2/c1-31-14-29-18-10-17(22(30)27-8-4-2-3-5-9-27)24-11-16(18)21(26-29)19-12-25-20-7-6-15(23)13-28(19)20/h6-7,10-13H,2-5,8-9,14H2,1H3. The van der Waals surface area contributed by atoms with Gasteiger partial charge in [-0.3, -0.25) is 14.2 Å². The third kappa shape index (κ3) is 3.54. The molecule has 1 aliphatic heterocycles. The van der Waals surface area contributed by atoms with Crippen LogP contribution in [0.5, 0.6) is 0 Å². The van der Waals surface area contributed by atoms with Gasteiger partial charge in [-0.05, 0) is 31.0 Å². The number of hydrogen-bond donors (Lipinski definition) is 0. The van der Waals surface area contributed by atoms with Crippen LogP contribution in [0.2, 0.25) is 0 Å². The van der Waals surface area contributed by atoms with E-state index in [0.717, 1.165) is 49.7 Å². The molecule has 0 spiro atoms. The van der Waals surface area contributed by atoms with Gasteiger partial charge in [0.2, 0.25) is 0 Å². The lowest BCUT2D eigenvalue weighted by Gasteiger charge is -2.19. The molecule has 31 heavy (non-hydrogen) atoms. The zero-order chi connectivity index (χ0) is 21.4. The van der Waals surface area contributed by atoms with Gasteiger partial charge in [0.25, 0.3) is 5.91 Å². The monoisotopic (exact) mass is 422 g/mol. The SMILES string of the molecule is COCn1nc(-c2cnc3ccc(F)cn23)c2cnc(C(=O)N3CCCCCC3)cc21. The van der Waals surface area contributed by atoms with Gasteiger partial charge in [-0.25, -0.2) is 14.1 Å². The number of hydrogen-bond acceptors (Lipinski definition) is 5. The van der Waals surface area contributed by atoms with E-state index in [9.17, 15) is 9.18 Å². The van der Waals surface area contributed by atoms with Gasteiger partial charge in [0.15, 0.2) is 0 Å². The smallest absolute Gasteiger partial charge is 0.272 e. The lowest BCUT2D eigenvalue weighted by molar-refractivity contribution is 0.0756. The molecule has 0 aromatic carbocycles. The van der Waals surface area contributed by atoms with Crippen molar-refractivity contribution in [3.63, 3.8) is 0 Å². The van der Waals surface area contributed by atoms with E-state index in [0.29, 0.717) is 22.7 Å². The summed E-state index contributed by atoms with van der Waals surface area (Å²) in [7, 11) is 1.58. The Morgan fingerprint density at radius 3 is 2.71 bits per heavy atom. The zero-order valence-corrected chi connectivity index (χ0v) is 17.3. The first-order chi connectivity index (χ1) is 15.2. The van der Waals surface area contributed by atoms with Crippen molar-refractivity contribution >= 4 is 22.5 Å². The molecule has 0 radical (unpaired) electrons. The zero-order valence-electron chi connectivity index (χ0n) is 17.3. The van der Waals surface area contributed by atoms with E-state index in [1.165, 1.54) is 12.3 Å². The molecule has 0 unspecified atom stereocenters. The number of likely N-dealkylation sites (tertiary alicyclic amines) is 1. The Bertz CT molecular complexity index is 1260. The quantitative estimate of drug-likeness (QED) is 0.503. The summed E-state index contributed by atoms with van der Waals surface area (Å²) in [5, 5.41) is 5.42. The predicted octanol–water partition coefficient (Wildman–Crippen LogP) is 3.51. The van der Waals surface area contributed by atoms with Gasteiger partial charge < -0.3 is 9.64 Å². The summed E-state index contributed by atoms with van der Waals surface area (Å²) in [6.07, 6.45) is 9.04. The molecular weight excluding hydrogens is 399 g/mol. The minimum absolute atomic E-state index is 0.0626. The largest absolute Gasteiger partial charge is 0.362 e. The van der Waals surface area contributed by atoms with Crippen molar-refractivity contribution < 1.29 is 13.9 Å². The number of halogens is 1. The summed E-state index contributed by atoms with van der Waals surface area (Å²) in [4.78, 5) is 23.8. The highest BCUT2D eigenvalue weighted by molar-refractivity contribution is 5.99. The highest BCUT2D eigenvalue weighted by Gasteiger charge is 2.22. The molecule has 0 saturated carbocycles. The lowest BCUT2D eigenvalue weighted by atomic mass is 10.2. The van der Waals surface area contributed by atoms with Crippen molar-refractivity contribution in [2.24, 2.45) is 0 Å². The van der Waals surface area contributed by atoms with Gasteiger partial charge in [-0.1, -0.05) is 12.8 Å². The molecule has 1 saturated heterocycles. The highest BCUT2D eigenvalue weighted by Crippen LogP contribution is 2.29. The van der Waals surface area contributed by atoms with E-state index < -0.39 is 0 Å². The van der Waals surface area contributed by atoms with Crippen molar-refractivity contribution in [2.45, 2.75) is 32.4 Å². The number of pyridine rings is 2. The molecule has 1 fully saturated rings. The van der Waals surface area contributed by atoms with Gasteiger partial charge in [0.05, 0.1) is 17.4 Å². The van der Waals surface area contributed by atoms with E-state index >= 15 is 0 Å². The number of carbonyl (C=O) groups excluding carboxylic acids is 1. The number of ether oxygens (including phenoxy) is 1. The number of nitrogens with zero attached hydrogens (tertiary/aromatic N) is 6. The molecule has 0 N–H and O–H groups in total. The molecule has 0 atom stereocenters. The Morgan fingerprint density at radius 1 is 1.13 bits per heavy atom. The minimum Gasteiger partial charge on any atom is -0.362 e.